The summed E-state index contributed by atoms with van der Waals surface area (Å²) < 4.78 is 0. The third-order valence-corrected chi connectivity index (χ3v) is 3.68. The highest BCUT2D eigenvalue weighted by molar-refractivity contribution is 5.96. The Labute approximate surface area is 133 Å². The molecule has 22 heavy (non-hydrogen) atoms. The van der Waals surface area contributed by atoms with Crippen LogP contribution >= 0.6 is 0 Å². The van der Waals surface area contributed by atoms with Crippen molar-refractivity contribution in [2.24, 2.45) is 0 Å². The van der Waals surface area contributed by atoms with Gasteiger partial charge in [-0.1, -0.05) is 30.3 Å². The van der Waals surface area contributed by atoms with Gasteiger partial charge in [-0.25, -0.2) is 4.79 Å². The van der Waals surface area contributed by atoms with Crippen LogP contribution in [-0.4, -0.2) is 43.0 Å². The number of aryl methyl sites for hydroxylation is 1. The van der Waals surface area contributed by atoms with Gasteiger partial charge in [0.15, 0.2) is 0 Å². The summed E-state index contributed by atoms with van der Waals surface area (Å²) in [6.07, 6.45) is 3.15. The Bertz CT molecular complexity index is 462. The molecule has 0 saturated heterocycles. The van der Waals surface area contributed by atoms with E-state index in [0.717, 1.165) is 25.8 Å². The van der Waals surface area contributed by atoms with Gasteiger partial charge in [-0.15, -0.1) is 0 Å². The summed E-state index contributed by atoms with van der Waals surface area (Å²) in [6, 6.07) is 9.63. The molecule has 0 aliphatic rings. The smallest absolute Gasteiger partial charge is 0.321 e. The number of imide groups is 1. The first-order valence-corrected chi connectivity index (χ1v) is 7.87. The molecule has 0 aliphatic carbocycles. The minimum atomic E-state index is -0.433. The van der Waals surface area contributed by atoms with Crippen molar-refractivity contribution < 1.29 is 9.59 Å². The number of nitrogens with zero attached hydrogens (tertiary/aromatic N) is 1. The topological polar surface area (TPSA) is 61.4 Å². The van der Waals surface area contributed by atoms with E-state index in [9.17, 15) is 9.59 Å². The van der Waals surface area contributed by atoms with E-state index in [1.165, 1.54) is 5.56 Å². The van der Waals surface area contributed by atoms with Gasteiger partial charge in [0.2, 0.25) is 5.91 Å². The van der Waals surface area contributed by atoms with Gasteiger partial charge in [0.05, 0.1) is 6.04 Å². The molecule has 3 amide bonds. The van der Waals surface area contributed by atoms with E-state index in [-0.39, 0.29) is 11.9 Å². The van der Waals surface area contributed by atoms with Crippen LogP contribution in [0, 0.1) is 0 Å². The molecular weight excluding hydrogens is 278 g/mol. The van der Waals surface area contributed by atoms with Crippen LogP contribution in [0.2, 0.25) is 0 Å². The number of hydrogen-bond donors (Lipinski definition) is 2. The summed E-state index contributed by atoms with van der Waals surface area (Å²) in [4.78, 5) is 25.2. The molecule has 0 unspecified atom stereocenters. The van der Waals surface area contributed by atoms with Crippen molar-refractivity contribution in [2.75, 3.05) is 20.1 Å². The van der Waals surface area contributed by atoms with E-state index in [2.05, 4.69) is 34.9 Å². The number of likely N-dealkylation sites (N-methyl/N-ethyl adjacent to an activating group) is 1. The number of rotatable bonds is 8. The Morgan fingerprint density at radius 3 is 2.50 bits per heavy atom. The molecule has 0 fully saturated rings. The van der Waals surface area contributed by atoms with Gasteiger partial charge in [0.1, 0.15) is 0 Å². The van der Waals surface area contributed by atoms with Gasteiger partial charge in [-0.3, -0.25) is 15.0 Å². The molecule has 0 radical (unpaired) electrons. The van der Waals surface area contributed by atoms with Crippen molar-refractivity contribution in [3.8, 4) is 0 Å². The highest BCUT2D eigenvalue weighted by Crippen LogP contribution is 2.06. The Hall–Kier alpha value is -1.88. The molecule has 0 heterocycles. The summed E-state index contributed by atoms with van der Waals surface area (Å²) in [7, 11) is 1.91. The summed E-state index contributed by atoms with van der Waals surface area (Å²) in [5.74, 6) is -0.267. The number of carbonyl (C=O) groups is 2. The van der Waals surface area contributed by atoms with E-state index >= 15 is 0 Å². The molecule has 5 nitrogen and oxygen atoms in total. The third kappa shape index (κ3) is 6.72. The van der Waals surface area contributed by atoms with Crippen molar-refractivity contribution in [2.45, 2.75) is 39.2 Å². The Kier molecular flexibility index (Phi) is 8.22. The van der Waals surface area contributed by atoms with Gasteiger partial charge in [0.25, 0.3) is 0 Å². The van der Waals surface area contributed by atoms with E-state index in [1.54, 1.807) is 0 Å². The quantitative estimate of drug-likeness (QED) is 0.724. The maximum absolute atomic E-state index is 11.9. The first-order chi connectivity index (χ1) is 10.5. The zero-order valence-corrected chi connectivity index (χ0v) is 13.8. The average molecular weight is 305 g/mol. The second-order valence-corrected chi connectivity index (χ2v) is 5.45. The van der Waals surface area contributed by atoms with Crippen LogP contribution < -0.4 is 10.6 Å². The number of amides is 3. The molecule has 1 atom stereocenters. The van der Waals surface area contributed by atoms with Gasteiger partial charge in [0, 0.05) is 6.54 Å². The van der Waals surface area contributed by atoms with E-state index in [4.69, 9.17) is 0 Å². The molecule has 5 heteroatoms. The van der Waals surface area contributed by atoms with E-state index < -0.39 is 6.03 Å². The molecule has 1 aromatic carbocycles. The number of benzene rings is 1. The van der Waals surface area contributed by atoms with Crippen LogP contribution in [0.5, 0.6) is 0 Å². The molecular formula is C17H27N3O2. The molecule has 0 bridgehead atoms. The number of unbranched alkanes of at least 4 members (excludes halogenated alkanes) is 1. The summed E-state index contributed by atoms with van der Waals surface area (Å²) in [6.45, 7) is 4.96. The molecule has 1 aromatic rings. The number of nitrogens with one attached hydrogen (secondary N) is 2. The average Bonchev–Trinajstić information content (AvgIpc) is 2.51. The highest BCUT2D eigenvalue weighted by atomic mass is 16.2. The highest BCUT2D eigenvalue weighted by Gasteiger charge is 2.19. The lowest BCUT2D eigenvalue weighted by Gasteiger charge is -2.23. The second kappa shape index (κ2) is 9.95. The molecule has 122 valence electrons. The largest absolute Gasteiger partial charge is 0.338 e. The van der Waals surface area contributed by atoms with Crippen LogP contribution in [0.25, 0.3) is 0 Å². The van der Waals surface area contributed by atoms with Crippen LogP contribution in [0.15, 0.2) is 30.3 Å². The Balaban J connectivity index is 2.24. The van der Waals surface area contributed by atoms with E-state index in [1.807, 2.05) is 31.9 Å². The molecule has 2 N–H and O–H groups in total. The van der Waals surface area contributed by atoms with E-state index in [0.29, 0.717) is 6.54 Å². The van der Waals surface area contributed by atoms with Crippen molar-refractivity contribution in [3.05, 3.63) is 35.9 Å². The minimum absolute atomic E-state index is 0.267. The molecule has 0 aliphatic heterocycles. The predicted molar refractivity (Wildman–Crippen MR) is 88.7 cm³/mol. The summed E-state index contributed by atoms with van der Waals surface area (Å²) >= 11 is 0. The zero-order valence-electron chi connectivity index (χ0n) is 13.8. The lowest BCUT2D eigenvalue weighted by Crippen LogP contribution is -2.48. The SMILES string of the molecule is CCNC(=O)NC(=O)[C@H](C)N(C)CCCCc1ccccc1. The van der Waals surface area contributed by atoms with Crippen molar-refractivity contribution in [1.82, 2.24) is 15.5 Å². The van der Waals surface area contributed by atoms with Crippen LogP contribution in [-0.2, 0) is 11.2 Å². The van der Waals surface area contributed by atoms with Crippen molar-refractivity contribution in [1.29, 1.82) is 0 Å². The van der Waals surface area contributed by atoms with Gasteiger partial charge >= 0.3 is 6.03 Å². The first kappa shape index (κ1) is 18.2. The molecule has 0 saturated carbocycles. The molecule has 0 spiro atoms. The predicted octanol–water partition coefficient (Wildman–Crippen LogP) is 2.18. The Morgan fingerprint density at radius 2 is 1.86 bits per heavy atom. The fourth-order valence-electron chi connectivity index (χ4n) is 2.15. The second-order valence-electron chi connectivity index (χ2n) is 5.45. The third-order valence-electron chi connectivity index (χ3n) is 3.68. The lowest BCUT2D eigenvalue weighted by molar-refractivity contribution is -0.124. The minimum Gasteiger partial charge on any atom is -0.338 e. The van der Waals surface area contributed by atoms with Crippen LogP contribution in [0.4, 0.5) is 4.79 Å². The van der Waals surface area contributed by atoms with Crippen LogP contribution in [0.1, 0.15) is 32.3 Å². The Morgan fingerprint density at radius 1 is 1.18 bits per heavy atom. The zero-order chi connectivity index (χ0) is 16.4. The lowest BCUT2D eigenvalue weighted by atomic mass is 10.1. The molecule has 0 aromatic heterocycles. The normalized spacial score (nSPS) is 12.0. The van der Waals surface area contributed by atoms with Gasteiger partial charge in [-0.05, 0) is 52.3 Å². The standard InChI is InChI=1S/C17H27N3O2/c1-4-18-17(22)19-16(21)14(2)20(3)13-9-8-12-15-10-6-5-7-11-15/h5-7,10-11,14H,4,8-9,12-13H2,1-3H3,(H2,18,19,21,22)/t14-/m0/s1. The number of urea groups is 1. The first-order valence-electron chi connectivity index (χ1n) is 7.87. The van der Waals surface area contributed by atoms with Gasteiger partial charge < -0.3 is 5.32 Å². The monoisotopic (exact) mass is 305 g/mol. The van der Waals surface area contributed by atoms with Crippen molar-refractivity contribution in [3.63, 3.8) is 0 Å². The fourth-order valence-corrected chi connectivity index (χ4v) is 2.15. The molecule has 1 rings (SSSR count). The van der Waals surface area contributed by atoms with Crippen LogP contribution in [0.3, 0.4) is 0 Å². The summed E-state index contributed by atoms with van der Waals surface area (Å²) in [5.41, 5.74) is 1.34. The fraction of sp³-hybridized carbons (Fsp3) is 0.529. The van der Waals surface area contributed by atoms with Crippen molar-refractivity contribution >= 4 is 11.9 Å². The summed E-state index contributed by atoms with van der Waals surface area (Å²) in [5, 5.41) is 4.90. The number of carbonyl (C=O) groups excluding carboxylic acids is 2. The maximum atomic E-state index is 11.9. The number of hydrogen-bond acceptors (Lipinski definition) is 3. The maximum Gasteiger partial charge on any atom is 0.321 e. The van der Waals surface area contributed by atoms with Gasteiger partial charge in [-0.2, -0.15) is 0 Å².